The monoisotopic (exact) mass is 297 g/mol. The van der Waals surface area contributed by atoms with E-state index >= 15 is 0 Å². The van der Waals surface area contributed by atoms with Gasteiger partial charge in [0.05, 0.1) is 7.11 Å². The van der Waals surface area contributed by atoms with Crippen molar-refractivity contribution in [2.45, 2.75) is 43.9 Å². The maximum absolute atomic E-state index is 14.3. The average Bonchev–Trinajstić information content (AvgIpc) is 2.88. The van der Waals surface area contributed by atoms with Crippen molar-refractivity contribution in [3.63, 3.8) is 0 Å². The molecule has 0 aliphatic carbocycles. The van der Waals surface area contributed by atoms with Crippen molar-refractivity contribution in [2.75, 3.05) is 19.4 Å². The van der Waals surface area contributed by atoms with E-state index in [1.807, 2.05) is 23.9 Å². The summed E-state index contributed by atoms with van der Waals surface area (Å²) in [6, 6.07) is 5.70. The van der Waals surface area contributed by atoms with E-state index in [1.165, 1.54) is 25.7 Å². The largest absolute Gasteiger partial charge is 0.494 e. The van der Waals surface area contributed by atoms with Crippen LogP contribution in [0.3, 0.4) is 0 Å². The quantitative estimate of drug-likeness (QED) is 0.866. The van der Waals surface area contributed by atoms with Gasteiger partial charge in [-0.2, -0.15) is 11.8 Å². The Morgan fingerprint density at radius 3 is 2.90 bits per heavy atom. The van der Waals surface area contributed by atoms with E-state index in [0.717, 1.165) is 12.1 Å². The summed E-state index contributed by atoms with van der Waals surface area (Å²) in [5, 5.41) is 3.55. The Labute approximate surface area is 125 Å². The molecule has 2 rings (SSSR count). The molecular formula is C16H24FNOS. The van der Waals surface area contributed by atoms with Crippen LogP contribution in [0.4, 0.5) is 4.39 Å². The molecule has 1 aromatic carbocycles. The second-order valence-corrected chi connectivity index (χ2v) is 7.14. The van der Waals surface area contributed by atoms with E-state index in [2.05, 4.69) is 19.2 Å². The third-order valence-corrected chi connectivity index (χ3v) is 5.77. The van der Waals surface area contributed by atoms with Crippen LogP contribution in [0.2, 0.25) is 0 Å². The molecule has 112 valence electrons. The summed E-state index contributed by atoms with van der Waals surface area (Å²) in [5.74, 6) is 1.32. The molecule has 0 aromatic heterocycles. The van der Waals surface area contributed by atoms with Crippen molar-refractivity contribution in [3.05, 3.63) is 29.6 Å². The first-order chi connectivity index (χ1) is 9.60. The summed E-state index contributed by atoms with van der Waals surface area (Å²) in [6.45, 7) is 5.32. The second kappa shape index (κ2) is 6.81. The Kier molecular flexibility index (Phi) is 5.33. The van der Waals surface area contributed by atoms with E-state index in [-0.39, 0.29) is 10.6 Å². The molecule has 1 N–H and O–H groups in total. The van der Waals surface area contributed by atoms with Crippen molar-refractivity contribution in [2.24, 2.45) is 0 Å². The fourth-order valence-electron chi connectivity index (χ4n) is 2.92. The molecular weight excluding hydrogens is 273 g/mol. The molecule has 0 radical (unpaired) electrons. The van der Waals surface area contributed by atoms with E-state index < -0.39 is 0 Å². The number of rotatable bonds is 6. The van der Waals surface area contributed by atoms with Crippen LogP contribution in [-0.2, 0) is 6.42 Å². The van der Waals surface area contributed by atoms with Gasteiger partial charge in [0.1, 0.15) is 0 Å². The van der Waals surface area contributed by atoms with Crippen LogP contribution >= 0.6 is 11.8 Å². The van der Waals surface area contributed by atoms with Crippen molar-refractivity contribution in [1.82, 2.24) is 5.32 Å². The van der Waals surface area contributed by atoms with Crippen LogP contribution in [0.15, 0.2) is 18.2 Å². The lowest BCUT2D eigenvalue weighted by Gasteiger charge is -2.34. The fourth-order valence-corrected chi connectivity index (χ4v) is 4.33. The number of methoxy groups -OCH3 is 1. The standard InChI is InChI=1S/C16H24FNOS/c1-4-18-14(16(2)9-6-10-20-16)11-12-7-5-8-13(19-3)15(12)17/h5,7-8,14,18H,4,6,9-11H2,1-3H3. The molecule has 1 heterocycles. The zero-order chi connectivity index (χ0) is 14.6. The molecule has 0 saturated carbocycles. The number of likely N-dealkylation sites (N-methyl/N-ethyl adjacent to an activating group) is 1. The Hall–Kier alpha value is -0.740. The van der Waals surface area contributed by atoms with E-state index in [1.54, 1.807) is 6.07 Å². The zero-order valence-corrected chi connectivity index (χ0v) is 13.4. The first kappa shape index (κ1) is 15.6. The van der Waals surface area contributed by atoms with Crippen molar-refractivity contribution < 1.29 is 9.13 Å². The summed E-state index contributed by atoms with van der Waals surface area (Å²) < 4.78 is 19.6. The van der Waals surface area contributed by atoms with Gasteiger partial charge in [0.2, 0.25) is 0 Å². The van der Waals surface area contributed by atoms with Gasteiger partial charge in [0, 0.05) is 10.8 Å². The molecule has 1 aliphatic heterocycles. The summed E-state index contributed by atoms with van der Waals surface area (Å²) in [7, 11) is 1.51. The van der Waals surface area contributed by atoms with Crippen LogP contribution < -0.4 is 10.1 Å². The van der Waals surface area contributed by atoms with Crippen LogP contribution in [-0.4, -0.2) is 30.2 Å². The van der Waals surface area contributed by atoms with E-state index in [9.17, 15) is 4.39 Å². The molecule has 1 aliphatic rings. The van der Waals surface area contributed by atoms with Gasteiger partial charge in [-0.05, 0) is 50.1 Å². The number of ether oxygens (including phenoxy) is 1. The molecule has 0 spiro atoms. The van der Waals surface area contributed by atoms with Crippen molar-refractivity contribution in [1.29, 1.82) is 0 Å². The number of benzene rings is 1. The zero-order valence-electron chi connectivity index (χ0n) is 12.5. The van der Waals surface area contributed by atoms with Crippen LogP contribution in [0.1, 0.15) is 32.3 Å². The number of nitrogens with one attached hydrogen (secondary N) is 1. The van der Waals surface area contributed by atoms with Crippen LogP contribution in [0, 0.1) is 5.82 Å². The Morgan fingerprint density at radius 2 is 2.30 bits per heavy atom. The molecule has 1 aromatic rings. The fraction of sp³-hybridized carbons (Fsp3) is 0.625. The minimum absolute atomic E-state index is 0.200. The van der Waals surface area contributed by atoms with Crippen LogP contribution in [0.5, 0.6) is 5.75 Å². The molecule has 0 amide bonds. The molecule has 0 bridgehead atoms. The lowest BCUT2D eigenvalue weighted by atomic mass is 9.90. The highest BCUT2D eigenvalue weighted by molar-refractivity contribution is 8.00. The van der Waals surface area contributed by atoms with Gasteiger partial charge < -0.3 is 10.1 Å². The highest BCUT2D eigenvalue weighted by Crippen LogP contribution is 2.41. The van der Waals surface area contributed by atoms with Gasteiger partial charge in [-0.25, -0.2) is 4.39 Å². The highest BCUT2D eigenvalue weighted by atomic mass is 32.2. The lowest BCUT2D eigenvalue weighted by Crippen LogP contribution is -2.46. The Balaban J connectivity index is 2.20. The number of halogens is 1. The predicted molar refractivity (Wildman–Crippen MR) is 84.2 cm³/mol. The molecule has 2 nitrogen and oxygen atoms in total. The third kappa shape index (κ3) is 3.29. The predicted octanol–water partition coefficient (Wildman–Crippen LogP) is 3.64. The lowest BCUT2D eigenvalue weighted by molar-refractivity contribution is 0.374. The molecule has 4 heteroatoms. The third-order valence-electron chi connectivity index (χ3n) is 4.12. The molecule has 1 fully saturated rings. The van der Waals surface area contributed by atoms with Gasteiger partial charge in [-0.15, -0.1) is 0 Å². The molecule has 20 heavy (non-hydrogen) atoms. The molecule has 1 saturated heterocycles. The minimum atomic E-state index is -0.218. The number of hydrogen-bond acceptors (Lipinski definition) is 3. The summed E-state index contributed by atoms with van der Waals surface area (Å²) in [6.07, 6.45) is 3.16. The maximum Gasteiger partial charge on any atom is 0.168 e. The number of hydrogen-bond donors (Lipinski definition) is 1. The van der Waals surface area contributed by atoms with E-state index in [4.69, 9.17) is 4.74 Å². The molecule has 2 unspecified atom stereocenters. The van der Waals surface area contributed by atoms with Gasteiger partial charge in [0.25, 0.3) is 0 Å². The smallest absolute Gasteiger partial charge is 0.168 e. The topological polar surface area (TPSA) is 21.3 Å². The normalized spacial score (nSPS) is 23.8. The Bertz CT molecular complexity index is 446. The summed E-state index contributed by atoms with van der Waals surface area (Å²) >= 11 is 2.01. The second-order valence-electron chi connectivity index (χ2n) is 5.51. The SMILES string of the molecule is CCNC(Cc1cccc(OC)c1F)C1(C)CCCS1. The van der Waals surface area contributed by atoms with E-state index in [0.29, 0.717) is 18.2 Å². The average molecular weight is 297 g/mol. The van der Waals surface area contributed by atoms with Crippen molar-refractivity contribution >= 4 is 11.8 Å². The van der Waals surface area contributed by atoms with Gasteiger partial charge >= 0.3 is 0 Å². The summed E-state index contributed by atoms with van der Waals surface area (Å²) in [5.41, 5.74) is 0.740. The maximum atomic E-state index is 14.3. The van der Waals surface area contributed by atoms with Gasteiger partial charge in [-0.3, -0.25) is 0 Å². The summed E-state index contributed by atoms with van der Waals surface area (Å²) in [4.78, 5) is 0. The first-order valence-corrected chi connectivity index (χ1v) is 8.28. The van der Waals surface area contributed by atoms with Crippen LogP contribution in [0.25, 0.3) is 0 Å². The van der Waals surface area contributed by atoms with Gasteiger partial charge in [-0.1, -0.05) is 19.1 Å². The highest BCUT2D eigenvalue weighted by Gasteiger charge is 2.37. The van der Waals surface area contributed by atoms with Gasteiger partial charge in [0.15, 0.2) is 11.6 Å². The first-order valence-electron chi connectivity index (χ1n) is 7.29. The molecule has 2 atom stereocenters. The van der Waals surface area contributed by atoms with Crippen molar-refractivity contribution in [3.8, 4) is 5.75 Å². The minimum Gasteiger partial charge on any atom is -0.494 e. The Morgan fingerprint density at radius 1 is 1.50 bits per heavy atom. The number of thioether (sulfide) groups is 1.